The molecule has 0 fully saturated rings. The van der Waals surface area contributed by atoms with Gasteiger partial charge in [-0.25, -0.2) is 0 Å². The van der Waals surface area contributed by atoms with E-state index < -0.39 is 8.80 Å². The molecule has 0 aliphatic rings. The molecule has 0 N–H and O–H groups in total. The Labute approximate surface area is 110 Å². The van der Waals surface area contributed by atoms with E-state index in [1.54, 1.807) is 0 Å². The van der Waals surface area contributed by atoms with Crippen molar-refractivity contribution in [2.75, 3.05) is 19.8 Å². The molecule has 0 radical (unpaired) electrons. The first-order valence-corrected chi connectivity index (χ1v) is 8.99. The molecule has 1 unspecified atom stereocenters. The van der Waals surface area contributed by atoms with Crippen LogP contribution in [0.15, 0.2) is 0 Å². The molecule has 0 saturated heterocycles. The van der Waals surface area contributed by atoms with E-state index in [0.717, 1.165) is 0 Å². The molecule has 0 aromatic rings. The van der Waals surface area contributed by atoms with Gasteiger partial charge in [-0.1, -0.05) is 6.92 Å². The SMILES string of the molecule is CCO[Si](OCC)(OCC)C(C)C(C)(C)O[SiH3]. The molecule has 0 rings (SSSR count). The van der Waals surface area contributed by atoms with Gasteiger partial charge in [-0.15, -0.1) is 0 Å². The molecule has 104 valence electrons. The summed E-state index contributed by atoms with van der Waals surface area (Å²) >= 11 is 0. The zero-order chi connectivity index (χ0) is 13.5. The summed E-state index contributed by atoms with van der Waals surface area (Å²) in [5.74, 6) is 0. The Morgan fingerprint density at radius 2 is 1.35 bits per heavy atom. The molecular formula is C11H28O4Si2. The Bertz CT molecular complexity index is 195. The summed E-state index contributed by atoms with van der Waals surface area (Å²) in [5.41, 5.74) is -0.148. The highest BCUT2D eigenvalue weighted by Gasteiger charge is 2.53. The van der Waals surface area contributed by atoms with Crippen molar-refractivity contribution >= 4 is 19.3 Å². The van der Waals surface area contributed by atoms with Gasteiger partial charge in [0.25, 0.3) is 0 Å². The van der Waals surface area contributed by atoms with Crippen LogP contribution in [0, 0.1) is 0 Å². The summed E-state index contributed by atoms with van der Waals surface area (Å²) < 4.78 is 23.3. The molecule has 6 heteroatoms. The molecular weight excluding hydrogens is 252 g/mol. The van der Waals surface area contributed by atoms with Crippen molar-refractivity contribution in [2.24, 2.45) is 0 Å². The quantitative estimate of drug-likeness (QED) is 0.600. The normalized spacial score (nSPS) is 15.2. The van der Waals surface area contributed by atoms with E-state index in [1.807, 2.05) is 20.8 Å². The number of hydrogen-bond donors (Lipinski definition) is 0. The van der Waals surface area contributed by atoms with Crippen LogP contribution in [0.25, 0.3) is 0 Å². The second-order valence-corrected chi connectivity index (χ2v) is 7.78. The van der Waals surface area contributed by atoms with Gasteiger partial charge in [0.2, 0.25) is 0 Å². The highest BCUT2D eigenvalue weighted by Crippen LogP contribution is 2.36. The minimum absolute atomic E-state index is 0.118. The van der Waals surface area contributed by atoms with Crippen molar-refractivity contribution < 1.29 is 17.7 Å². The first-order chi connectivity index (χ1) is 7.90. The van der Waals surface area contributed by atoms with Gasteiger partial charge >= 0.3 is 8.80 Å². The lowest BCUT2D eigenvalue weighted by Gasteiger charge is -2.41. The third-order valence-corrected chi connectivity index (χ3v) is 8.02. The van der Waals surface area contributed by atoms with Gasteiger partial charge in [0.15, 0.2) is 0 Å². The average molecular weight is 281 g/mol. The van der Waals surface area contributed by atoms with Crippen molar-refractivity contribution in [2.45, 2.75) is 52.7 Å². The molecule has 0 aromatic carbocycles. The van der Waals surface area contributed by atoms with Crippen LogP contribution in [0.1, 0.15) is 41.5 Å². The van der Waals surface area contributed by atoms with E-state index in [9.17, 15) is 0 Å². The zero-order valence-electron chi connectivity index (χ0n) is 12.3. The molecule has 0 amide bonds. The summed E-state index contributed by atoms with van der Waals surface area (Å²) in [4.78, 5) is 0. The highest BCUT2D eigenvalue weighted by atomic mass is 28.4. The lowest BCUT2D eigenvalue weighted by Crippen LogP contribution is -2.56. The fraction of sp³-hybridized carbons (Fsp3) is 1.00. The molecule has 4 nitrogen and oxygen atoms in total. The molecule has 0 aromatic heterocycles. The van der Waals surface area contributed by atoms with Gasteiger partial charge < -0.3 is 17.7 Å². The predicted molar refractivity (Wildman–Crippen MR) is 75.2 cm³/mol. The van der Waals surface area contributed by atoms with Crippen molar-refractivity contribution in [3.63, 3.8) is 0 Å². The maximum atomic E-state index is 5.89. The van der Waals surface area contributed by atoms with Gasteiger partial charge in [-0.05, 0) is 34.6 Å². The van der Waals surface area contributed by atoms with E-state index >= 15 is 0 Å². The molecule has 0 heterocycles. The average Bonchev–Trinajstić information content (AvgIpc) is 2.29. The van der Waals surface area contributed by atoms with E-state index in [2.05, 4.69) is 20.8 Å². The Balaban J connectivity index is 5.09. The van der Waals surface area contributed by atoms with Crippen LogP contribution in [0.4, 0.5) is 0 Å². The van der Waals surface area contributed by atoms with Crippen LogP contribution < -0.4 is 0 Å². The number of rotatable bonds is 9. The molecule has 1 atom stereocenters. The minimum atomic E-state index is -2.66. The predicted octanol–water partition coefficient (Wildman–Crippen LogP) is 1.50. The highest BCUT2D eigenvalue weighted by molar-refractivity contribution is 6.62. The Morgan fingerprint density at radius 1 is 1.00 bits per heavy atom. The first-order valence-electron chi connectivity index (χ1n) is 6.37. The third kappa shape index (κ3) is 4.46. The first kappa shape index (κ1) is 17.3. The van der Waals surface area contributed by atoms with Gasteiger partial charge in [0.05, 0.1) is 11.1 Å². The standard InChI is InChI=1S/C11H28O4Si2/c1-7-12-17(13-8-2,14-9-3)10(4)11(5,6)15-16/h10H,7-9H2,1-6,16H3. The summed E-state index contributed by atoms with van der Waals surface area (Å²) in [6.45, 7) is 14.0. The maximum absolute atomic E-state index is 5.89. The molecule has 0 aliphatic carbocycles. The van der Waals surface area contributed by atoms with E-state index in [4.69, 9.17) is 17.7 Å². The summed E-state index contributed by atoms with van der Waals surface area (Å²) in [6, 6.07) is 0. The van der Waals surface area contributed by atoms with Gasteiger partial charge in [-0.3, -0.25) is 0 Å². The van der Waals surface area contributed by atoms with E-state index in [0.29, 0.717) is 30.3 Å². The second kappa shape index (κ2) is 7.65. The monoisotopic (exact) mass is 280 g/mol. The molecule has 0 saturated carbocycles. The maximum Gasteiger partial charge on any atom is 0.506 e. The summed E-state index contributed by atoms with van der Waals surface area (Å²) in [6.07, 6.45) is 0. The van der Waals surface area contributed by atoms with Crippen LogP contribution in [0.5, 0.6) is 0 Å². The van der Waals surface area contributed by atoms with E-state index in [1.165, 1.54) is 0 Å². The van der Waals surface area contributed by atoms with Crippen molar-refractivity contribution in [3.8, 4) is 0 Å². The molecule has 0 spiro atoms. The lowest BCUT2D eigenvalue weighted by atomic mass is 10.1. The summed E-state index contributed by atoms with van der Waals surface area (Å²) in [7, 11) is -1.96. The number of hydrogen-bond acceptors (Lipinski definition) is 4. The van der Waals surface area contributed by atoms with Crippen LogP contribution in [0.3, 0.4) is 0 Å². The Hall–Kier alpha value is 0.274. The van der Waals surface area contributed by atoms with Crippen LogP contribution in [-0.2, 0) is 17.7 Å². The van der Waals surface area contributed by atoms with Crippen molar-refractivity contribution in [1.82, 2.24) is 0 Å². The fourth-order valence-electron chi connectivity index (χ4n) is 1.71. The van der Waals surface area contributed by atoms with Gasteiger partial charge in [0.1, 0.15) is 10.5 Å². The smallest absolute Gasteiger partial charge is 0.423 e. The molecule has 0 bridgehead atoms. The largest absolute Gasteiger partial charge is 0.506 e. The van der Waals surface area contributed by atoms with Gasteiger partial charge in [-0.2, -0.15) is 0 Å². The van der Waals surface area contributed by atoms with Crippen molar-refractivity contribution in [1.29, 1.82) is 0 Å². The minimum Gasteiger partial charge on any atom is -0.423 e. The lowest BCUT2D eigenvalue weighted by molar-refractivity contribution is 0.0225. The second-order valence-electron chi connectivity index (χ2n) is 4.43. The third-order valence-electron chi connectivity index (χ3n) is 3.14. The van der Waals surface area contributed by atoms with Crippen molar-refractivity contribution in [3.05, 3.63) is 0 Å². The zero-order valence-corrected chi connectivity index (χ0v) is 15.3. The molecule has 0 aliphatic heterocycles. The van der Waals surface area contributed by atoms with Crippen LogP contribution >= 0.6 is 0 Å². The van der Waals surface area contributed by atoms with Crippen LogP contribution in [-0.4, -0.2) is 44.7 Å². The van der Waals surface area contributed by atoms with Gasteiger partial charge in [0, 0.05) is 19.8 Å². The van der Waals surface area contributed by atoms with Crippen LogP contribution in [0.2, 0.25) is 5.54 Å². The fourth-order valence-corrected chi connectivity index (χ4v) is 5.47. The topological polar surface area (TPSA) is 36.9 Å². The van der Waals surface area contributed by atoms with E-state index in [-0.39, 0.29) is 11.1 Å². The Morgan fingerprint density at radius 3 is 1.59 bits per heavy atom. The Kier molecular flexibility index (Phi) is 7.78. The summed E-state index contributed by atoms with van der Waals surface area (Å²) in [5, 5.41) is 0. The molecule has 17 heavy (non-hydrogen) atoms.